The number of nitrogens with two attached hydrogens (primary N) is 1. The Kier molecular flexibility index (Phi) is 3.00. The highest BCUT2D eigenvalue weighted by Crippen LogP contribution is 2.33. The van der Waals surface area contributed by atoms with Gasteiger partial charge >= 0.3 is 0 Å². The fourth-order valence-corrected chi connectivity index (χ4v) is 2.53. The normalized spacial score (nSPS) is 13.1. The molecule has 5 nitrogen and oxygen atoms in total. The standard InChI is InChI=1S/C13H12N2O3S/c14-9-3-6-19-12(9)13(16)15-8-1-2-10-11(7-8)18-5-4-17-10/h1-3,6-7H,4-5,14H2,(H,15,16). The van der Waals surface area contributed by atoms with Crippen molar-refractivity contribution < 1.29 is 14.3 Å². The van der Waals surface area contributed by atoms with Gasteiger partial charge in [0, 0.05) is 11.8 Å². The van der Waals surface area contributed by atoms with Crippen molar-refractivity contribution in [2.75, 3.05) is 24.3 Å². The minimum absolute atomic E-state index is 0.218. The predicted molar refractivity (Wildman–Crippen MR) is 74.1 cm³/mol. The zero-order valence-electron chi connectivity index (χ0n) is 10.0. The van der Waals surface area contributed by atoms with Gasteiger partial charge in [0.2, 0.25) is 0 Å². The number of benzene rings is 1. The molecule has 98 valence electrons. The summed E-state index contributed by atoms with van der Waals surface area (Å²) in [5.74, 6) is 1.12. The number of carbonyl (C=O) groups is 1. The van der Waals surface area contributed by atoms with Crippen LogP contribution < -0.4 is 20.5 Å². The van der Waals surface area contributed by atoms with Gasteiger partial charge in [0.25, 0.3) is 5.91 Å². The van der Waals surface area contributed by atoms with Gasteiger partial charge in [-0.2, -0.15) is 0 Å². The van der Waals surface area contributed by atoms with Crippen LogP contribution in [0.3, 0.4) is 0 Å². The topological polar surface area (TPSA) is 73.6 Å². The van der Waals surface area contributed by atoms with Crippen LogP contribution in [0.15, 0.2) is 29.6 Å². The number of hydrogen-bond acceptors (Lipinski definition) is 5. The minimum Gasteiger partial charge on any atom is -0.486 e. The Balaban J connectivity index is 1.80. The molecule has 0 saturated heterocycles. The maximum absolute atomic E-state index is 12.0. The van der Waals surface area contributed by atoms with Gasteiger partial charge in [-0.05, 0) is 23.6 Å². The van der Waals surface area contributed by atoms with Gasteiger partial charge < -0.3 is 20.5 Å². The Morgan fingerprint density at radius 2 is 2.00 bits per heavy atom. The lowest BCUT2D eigenvalue weighted by atomic mass is 10.2. The van der Waals surface area contributed by atoms with Crippen molar-refractivity contribution in [3.05, 3.63) is 34.5 Å². The Labute approximate surface area is 113 Å². The molecule has 0 unspecified atom stereocenters. The van der Waals surface area contributed by atoms with E-state index in [1.165, 1.54) is 11.3 Å². The van der Waals surface area contributed by atoms with Crippen molar-refractivity contribution in [2.24, 2.45) is 0 Å². The van der Waals surface area contributed by atoms with Gasteiger partial charge in [0.15, 0.2) is 11.5 Å². The molecule has 3 N–H and O–H groups in total. The number of rotatable bonds is 2. The Hall–Kier alpha value is -2.21. The molecule has 0 bridgehead atoms. The molecule has 3 rings (SSSR count). The number of ether oxygens (including phenoxy) is 2. The molecule has 1 amide bonds. The quantitative estimate of drug-likeness (QED) is 0.883. The average molecular weight is 276 g/mol. The third kappa shape index (κ3) is 2.34. The number of carbonyl (C=O) groups excluding carboxylic acids is 1. The summed E-state index contributed by atoms with van der Waals surface area (Å²) in [6.07, 6.45) is 0. The summed E-state index contributed by atoms with van der Waals surface area (Å²) in [6.45, 7) is 1.06. The third-order valence-corrected chi connectivity index (χ3v) is 3.63. The second-order valence-electron chi connectivity index (χ2n) is 4.02. The third-order valence-electron chi connectivity index (χ3n) is 2.70. The molecule has 0 spiro atoms. The van der Waals surface area contributed by atoms with Gasteiger partial charge in [-0.15, -0.1) is 11.3 Å². The van der Waals surface area contributed by atoms with Crippen LogP contribution in [-0.2, 0) is 0 Å². The number of thiophene rings is 1. The number of nitrogen functional groups attached to an aromatic ring is 1. The lowest BCUT2D eigenvalue weighted by molar-refractivity contribution is 0.103. The van der Waals surface area contributed by atoms with Crippen LogP contribution in [-0.4, -0.2) is 19.1 Å². The Bertz CT molecular complexity index is 624. The summed E-state index contributed by atoms with van der Waals surface area (Å²) in [6, 6.07) is 7.01. The van der Waals surface area contributed by atoms with Gasteiger partial charge in [0.1, 0.15) is 18.1 Å². The largest absolute Gasteiger partial charge is 0.486 e. The van der Waals surface area contributed by atoms with E-state index in [4.69, 9.17) is 15.2 Å². The van der Waals surface area contributed by atoms with Crippen LogP contribution in [0.1, 0.15) is 9.67 Å². The first-order valence-corrected chi connectivity index (χ1v) is 6.66. The van der Waals surface area contributed by atoms with Crippen molar-refractivity contribution in [3.8, 4) is 11.5 Å². The molecule has 1 aromatic heterocycles. The number of fused-ring (bicyclic) bond motifs is 1. The van der Waals surface area contributed by atoms with E-state index in [1.807, 2.05) is 0 Å². The smallest absolute Gasteiger partial charge is 0.267 e. The fourth-order valence-electron chi connectivity index (χ4n) is 1.81. The predicted octanol–water partition coefficient (Wildman–Crippen LogP) is 2.35. The first-order valence-electron chi connectivity index (χ1n) is 5.78. The highest BCUT2D eigenvalue weighted by atomic mass is 32.1. The Morgan fingerprint density at radius 3 is 2.74 bits per heavy atom. The zero-order valence-corrected chi connectivity index (χ0v) is 10.8. The van der Waals surface area contributed by atoms with Crippen LogP contribution in [0.25, 0.3) is 0 Å². The molecule has 0 fully saturated rings. The summed E-state index contributed by atoms with van der Waals surface area (Å²) >= 11 is 1.31. The minimum atomic E-state index is -0.218. The number of anilines is 2. The maximum atomic E-state index is 12.0. The van der Waals surface area contributed by atoms with Gasteiger partial charge in [0.05, 0.1) is 5.69 Å². The summed E-state index contributed by atoms with van der Waals surface area (Å²) < 4.78 is 10.9. The van der Waals surface area contributed by atoms with Gasteiger partial charge in [-0.25, -0.2) is 0 Å². The average Bonchev–Trinajstić information content (AvgIpc) is 2.85. The van der Waals surface area contributed by atoms with E-state index in [-0.39, 0.29) is 5.91 Å². The van der Waals surface area contributed by atoms with E-state index in [0.29, 0.717) is 41.0 Å². The second kappa shape index (κ2) is 4.81. The first kappa shape index (κ1) is 11.9. The van der Waals surface area contributed by atoms with E-state index in [0.717, 1.165) is 0 Å². The molecule has 1 aromatic carbocycles. The van der Waals surface area contributed by atoms with Gasteiger partial charge in [-0.3, -0.25) is 4.79 Å². The molecule has 2 aromatic rings. The van der Waals surface area contributed by atoms with Crippen molar-refractivity contribution >= 4 is 28.6 Å². The summed E-state index contributed by atoms with van der Waals surface area (Å²) in [4.78, 5) is 12.5. The summed E-state index contributed by atoms with van der Waals surface area (Å²) in [7, 11) is 0. The van der Waals surface area contributed by atoms with Crippen molar-refractivity contribution in [2.45, 2.75) is 0 Å². The molecule has 6 heteroatoms. The Morgan fingerprint density at radius 1 is 1.21 bits per heavy atom. The summed E-state index contributed by atoms with van der Waals surface area (Å²) in [5.41, 5.74) is 6.85. The SMILES string of the molecule is Nc1ccsc1C(=O)Nc1ccc2c(c1)OCCO2. The zero-order chi connectivity index (χ0) is 13.2. The number of nitrogens with one attached hydrogen (secondary N) is 1. The molecule has 0 radical (unpaired) electrons. The molecular weight excluding hydrogens is 264 g/mol. The fraction of sp³-hybridized carbons (Fsp3) is 0.154. The van der Waals surface area contributed by atoms with E-state index in [2.05, 4.69) is 5.32 Å². The van der Waals surface area contributed by atoms with E-state index in [1.54, 1.807) is 29.6 Å². The van der Waals surface area contributed by atoms with E-state index >= 15 is 0 Å². The lowest BCUT2D eigenvalue weighted by Gasteiger charge is -2.18. The molecule has 1 aliphatic rings. The molecular formula is C13H12N2O3S. The molecule has 2 heterocycles. The molecule has 19 heavy (non-hydrogen) atoms. The van der Waals surface area contributed by atoms with Crippen LogP contribution in [0.5, 0.6) is 11.5 Å². The van der Waals surface area contributed by atoms with Crippen molar-refractivity contribution in [1.29, 1.82) is 0 Å². The van der Waals surface area contributed by atoms with Crippen LogP contribution in [0.4, 0.5) is 11.4 Å². The highest BCUT2D eigenvalue weighted by molar-refractivity contribution is 7.12. The molecule has 0 saturated carbocycles. The second-order valence-corrected chi connectivity index (χ2v) is 4.93. The molecule has 0 aliphatic carbocycles. The van der Waals surface area contributed by atoms with Crippen molar-refractivity contribution in [3.63, 3.8) is 0 Å². The van der Waals surface area contributed by atoms with Crippen molar-refractivity contribution in [1.82, 2.24) is 0 Å². The number of amides is 1. The van der Waals surface area contributed by atoms with E-state index in [9.17, 15) is 4.79 Å². The monoisotopic (exact) mass is 276 g/mol. The van der Waals surface area contributed by atoms with Crippen LogP contribution >= 0.6 is 11.3 Å². The number of hydrogen-bond donors (Lipinski definition) is 2. The maximum Gasteiger partial charge on any atom is 0.267 e. The molecule has 0 atom stereocenters. The van der Waals surface area contributed by atoms with E-state index < -0.39 is 0 Å². The molecule has 1 aliphatic heterocycles. The van der Waals surface area contributed by atoms with Crippen LogP contribution in [0.2, 0.25) is 0 Å². The first-order chi connectivity index (χ1) is 9.24. The highest BCUT2D eigenvalue weighted by Gasteiger charge is 2.15. The lowest BCUT2D eigenvalue weighted by Crippen LogP contribution is -2.16. The van der Waals surface area contributed by atoms with Gasteiger partial charge in [-0.1, -0.05) is 0 Å². The van der Waals surface area contributed by atoms with Crippen LogP contribution in [0, 0.1) is 0 Å². The summed E-state index contributed by atoms with van der Waals surface area (Å²) in [5, 5.41) is 4.58.